The Bertz CT molecular complexity index is 1280. The van der Waals surface area contributed by atoms with E-state index >= 15 is 0 Å². The third-order valence-electron chi connectivity index (χ3n) is 4.82. The first-order valence-electron chi connectivity index (χ1n) is 8.65. The number of fused-ring (bicyclic) bond motifs is 6. The van der Waals surface area contributed by atoms with Crippen LogP contribution in [0, 0.1) is 0 Å². The molecule has 126 valence electrons. The van der Waals surface area contributed by atoms with Crippen molar-refractivity contribution in [3.8, 4) is 0 Å². The van der Waals surface area contributed by atoms with Crippen LogP contribution >= 0.6 is 45.3 Å². The van der Waals surface area contributed by atoms with E-state index in [1.165, 1.54) is 48.7 Å². The van der Waals surface area contributed by atoms with Gasteiger partial charge in [0.25, 0.3) is 0 Å². The third-order valence-corrected chi connectivity index (χ3v) is 9.77. The second-order valence-corrected chi connectivity index (χ2v) is 10.9. The molecule has 26 heavy (non-hydrogen) atoms. The molecule has 6 rings (SSSR count). The maximum absolute atomic E-state index is 2.41. The smallest absolute Gasteiger partial charge is 0.0532 e. The Labute approximate surface area is 167 Å². The summed E-state index contributed by atoms with van der Waals surface area (Å²) >= 11 is 7.81. The monoisotopic (exact) mass is 406 g/mol. The zero-order valence-corrected chi connectivity index (χ0v) is 17.1. The van der Waals surface area contributed by atoms with Gasteiger partial charge in [-0.1, -0.05) is 36.4 Å². The number of hydrogen-bond donors (Lipinski definition) is 0. The average molecular weight is 407 g/mol. The van der Waals surface area contributed by atoms with E-state index in [4.69, 9.17) is 0 Å². The Morgan fingerprint density at radius 2 is 0.962 bits per heavy atom. The van der Waals surface area contributed by atoms with Crippen LogP contribution in [0.25, 0.3) is 39.0 Å². The van der Waals surface area contributed by atoms with Crippen molar-refractivity contribution in [2.24, 2.45) is 0 Å². The molecule has 0 radical (unpaired) electrons. The van der Waals surface area contributed by atoms with E-state index in [-0.39, 0.29) is 0 Å². The van der Waals surface area contributed by atoms with Gasteiger partial charge >= 0.3 is 0 Å². The minimum atomic E-state index is 1.14. The zero-order valence-electron chi connectivity index (χ0n) is 13.8. The van der Waals surface area contributed by atoms with Crippen LogP contribution in [0.2, 0.25) is 0 Å². The van der Waals surface area contributed by atoms with Gasteiger partial charge in [-0.15, -0.1) is 45.3 Å². The molecule has 0 aliphatic carbocycles. The van der Waals surface area contributed by atoms with Crippen LogP contribution in [0.1, 0.15) is 9.75 Å². The van der Waals surface area contributed by atoms with Crippen molar-refractivity contribution in [1.82, 2.24) is 0 Å². The molecule has 0 saturated heterocycles. The van der Waals surface area contributed by atoms with Crippen LogP contribution in [0.4, 0.5) is 0 Å². The molecule has 0 atom stereocenters. The number of aryl methyl sites for hydroxylation is 2. The Morgan fingerprint density at radius 3 is 1.46 bits per heavy atom. The highest BCUT2D eigenvalue weighted by Crippen LogP contribution is 2.41. The van der Waals surface area contributed by atoms with Gasteiger partial charge < -0.3 is 0 Å². The molecular formula is C22H14S4. The molecule has 0 saturated carbocycles. The summed E-state index contributed by atoms with van der Waals surface area (Å²) in [6.07, 6.45) is 2.29. The van der Waals surface area contributed by atoms with Crippen molar-refractivity contribution in [3.63, 3.8) is 0 Å². The molecule has 0 aliphatic heterocycles. The predicted molar refractivity (Wildman–Crippen MR) is 122 cm³/mol. The predicted octanol–water partition coefficient (Wildman–Crippen LogP) is 8.33. The quantitative estimate of drug-likeness (QED) is 0.277. The number of thiophene rings is 4. The lowest BCUT2D eigenvalue weighted by Crippen LogP contribution is -1.83. The first-order valence-corrected chi connectivity index (χ1v) is 11.9. The summed E-state index contributed by atoms with van der Waals surface area (Å²) in [6.45, 7) is 0. The molecule has 0 bridgehead atoms. The minimum Gasteiger partial charge on any atom is -0.139 e. The lowest BCUT2D eigenvalue weighted by atomic mass is 10.2. The van der Waals surface area contributed by atoms with Crippen LogP contribution in [0.5, 0.6) is 0 Å². The molecule has 2 aromatic carbocycles. The van der Waals surface area contributed by atoms with Crippen molar-refractivity contribution in [3.05, 3.63) is 70.4 Å². The van der Waals surface area contributed by atoms with Crippen molar-refractivity contribution in [1.29, 1.82) is 0 Å². The Kier molecular flexibility index (Phi) is 3.48. The maximum Gasteiger partial charge on any atom is 0.0532 e. The molecule has 0 amide bonds. The van der Waals surface area contributed by atoms with Gasteiger partial charge in [-0.2, -0.15) is 0 Å². The fourth-order valence-corrected chi connectivity index (χ4v) is 8.68. The molecule has 0 unspecified atom stereocenters. The molecule has 0 fully saturated rings. The molecular weight excluding hydrogens is 393 g/mol. The van der Waals surface area contributed by atoms with Gasteiger partial charge in [0.15, 0.2) is 0 Å². The van der Waals surface area contributed by atoms with E-state index in [2.05, 4.69) is 60.7 Å². The van der Waals surface area contributed by atoms with E-state index in [1.807, 2.05) is 45.3 Å². The lowest BCUT2D eigenvalue weighted by molar-refractivity contribution is 1.01. The van der Waals surface area contributed by atoms with Crippen molar-refractivity contribution in [2.75, 3.05) is 0 Å². The van der Waals surface area contributed by atoms with Crippen LogP contribution in [0.3, 0.4) is 0 Å². The van der Waals surface area contributed by atoms with Gasteiger partial charge in [-0.25, -0.2) is 0 Å². The van der Waals surface area contributed by atoms with Gasteiger partial charge in [-0.05, 0) is 37.1 Å². The van der Waals surface area contributed by atoms with Gasteiger partial charge in [0.05, 0.1) is 9.40 Å². The first kappa shape index (κ1) is 15.3. The molecule has 0 nitrogen and oxygen atoms in total. The third kappa shape index (κ3) is 2.37. The lowest BCUT2D eigenvalue weighted by Gasteiger charge is -1.95. The second-order valence-electron chi connectivity index (χ2n) is 6.51. The standard InChI is InChI=1S/C22H14S4/c1-3-7-17-15(5-1)21-19(25-17)11-13(23-21)9-10-14-12-20-22(24-14)16-6-2-4-8-18(16)26-20/h1-8,11-12H,9-10H2. The van der Waals surface area contributed by atoms with Crippen molar-refractivity contribution >= 4 is 84.3 Å². The first-order chi connectivity index (χ1) is 12.8. The normalized spacial score (nSPS) is 12.2. The van der Waals surface area contributed by atoms with E-state index in [0.29, 0.717) is 0 Å². The molecule has 6 aromatic rings. The Balaban J connectivity index is 1.31. The summed E-state index contributed by atoms with van der Waals surface area (Å²) in [4.78, 5) is 3.03. The topological polar surface area (TPSA) is 0 Å². The zero-order chi connectivity index (χ0) is 17.1. The molecule has 4 aromatic heterocycles. The van der Waals surface area contributed by atoms with Gasteiger partial charge in [0, 0.05) is 39.3 Å². The highest BCUT2D eigenvalue weighted by atomic mass is 32.1. The van der Waals surface area contributed by atoms with E-state index < -0.39 is 0 Å². The summed E-state index contributed by atoms with van der Waals surface area (Å²) in [5.74, 6) is 0. The van der Waals surface area contributed by atoms with Crippen molar-refractivity contribution in [2.45, 2.75) is 12.8 Å². The van der Waals surface area contributed by atoms with Crippen molar-refractivity contribution < 1.29 is 0 Å². The number of hydrogen-bond acceptors (Lipinski definition) is 4. The van der Waals surface area contributed by atoms with Gasteiger partial charge in [-0.3, -0.25) is 0 Å². The minimum absolute atomic E-state index is 1.14. The van der Waals surface area contributed by atoms with E-state index in [1.54, 1.807) is 0 Å². The Morgan fingerprint density at radius 1 is 0.500 bits per heavy atom. The second kappa shape index (κ2) is 5.89. The summed E-state index contributed by atoms with van der Waals surface area (Å²) in [6, 6.07) is 22.4. The van der Waals surface area contributed by atoms with Gasteiger partial charge in [0.2, 0.25) is 0 Å². The summed E-state index contributed by atoms with van der Waals surface area (Å²) in [5.41, 5.74) is 0. The summed E-state index contributed by atoms with van der Waals surface area (Å²) in [7, 11) is 0. The Hall–Kier alpha value is -1.72. The molecule has 0 spiro atoms. The van der Waals surface area contributed by atoms with Crippen LogP contribution in [-0.4, -0.2) is 0 Å². The highest BCUT2D eigenvalue weighted by molar-refractivity contribution is 7.33. The average Bonchev–Trinajstić information content (AvgIpc) is 3.38. The fraction of sp³-hybridized carbons (Fsp3) is 0.0909. The summed E-state index contributed by atoms with van der Waals surface area (Å²) in [5, 5.41) is 2.85. The van der Waals surface area contributed by atoms with Crippen LogP contribution in [-0.2, 0) is 12.8 Å². The van der Waals surface area contributed by atoms with E-state index in [0.717, 1.165) is 12.8 Å². The number of rotatable bonds is 3. The van der Waals surface area contributed by atoms with E-state index in [9.17, 15) is 0 Å². The number of benzene rings is 2. The highest BCUT2D eigenvalue weighted by Gasteiger charge is 2.12. The van der Waals surface area contributed by atoms with Crippen LogP contribution < -0.4 is 0 Å². The molecule has 4 heterocycles. The SMILES string of the molecule is c1ccc2c(c1)sc1cc(CCc3cc4sc5ccccc5c4s3)sc12. The molecule has 0 aliphatic rings. The fourth-order valence-electron chi connectivity index (χ4n) is 3.59. The molecule has 4 heteroatoms. The largest absolute Gasteiger partial charge is 0.139 e. The summed E-state index contributed by atoms with van der Waals surface area (Å²) < 4.78 is 8.66. The molecule has 0 N–H and O–H groups in total. The van der Waals surface area contributed by atoms with Gasteiger partial charge in [0.1, 0.15) is 0 Å². The van der Waals surface area contributed by atoms with Crippen LogP contribution in [0.15, 0.2) is 60.7 Å². The maximum atomic E-state index is 2.41.